The fourth-order valence-corrected chi connectivity index (χ4v) is 3.54. The first-order valence-corrected chi connectivity index (χ1v) is 9.62. The van der Waals surface area contributed by atoms with E-state index in [9.17, 15) is 4.79 Å². The average molecular weight is 377 g/mol. The lowest BCUT2D eigenvalue weighted by atomic mass is 9.89. The number of benzene rings is 2. The van der Waals surface area contributed by atoms with Crippen LogP contribution in [0.1, 0.15) is 31.2 Å². The summed E-state index contributed by atoms with van der Waals surface area (Å²) in [7, 11) is 0. The van der Waals surface area contributed by atoms with Gasteiger partial charge in [-0.2, -0.15) is 5.11 Å². The second kappa shape index (κ2) is 9.80. The van der Waals surface area contributed by atoms with Crippen LogP contribution in [0.25, 0.3) is 0 Å². The molecule has 0 bridgehead atoms. The second-order valence-electron chi connectivity index (χ2n) is 7.11. The van der Waals surface area contributed by atoms with Crippen molar-refractivity contribution < 1.29 is 4.79 Å². The Morgan fingerprint density at radius 1 is 1.14 bits per heavy atom. The van der Waals surface area contributed by atoms with Gasteiger partial charge in [-0.15, -0.1) is 0 Å². The smallest absolute Gasteiger partial charge is 0.221 e. The largest absolute Gasteiger partial charge is 0.360 e. The lowest BCUT2D eigenvalue weighted by Gasteiger charge is -2.32. The van der Waals surface area contributed by atoms with Crippen LogP contribution in [0.2, 0.25) is 0 Å². The van der Waals surface area contributed by atoms with Gasteiger partial charge in [0.05, 0.1) is 5.70 Å². The Hall–Kier alpha value is -2.99. The summed E-state index contributed by atoms with van der Waals surface area (Å²) in [4.78, 5) is 13.6. The molecule has 1 aliphatic rings. The first-order chi connectivity index (χ1) is 13.6. The second-order valence-corrected chi connectivity index (χ2v) is 7.11. The highest BCUT2D eigenvalue weighted by Gasteiger charge is 2.21. The fraction of sp³-hybridized carbons (Fsp3) is 0.318. The average Bonchev–Trinajstić information content (AvgIpc) is 2.72. The summed E-state index contributed by atoms with van der Waals surface area (Å²) < 4.78 is 0. The minimum absolute atomic E-state index is 0.0467. The Morgan fingerprint density at radius 3 is 2.54 bits per heavy atom. The van der Waals surface area contributed by atoms with Gasteiger partial charge < -0.3 is 10.6 Å². The Labute approximate surface area is 166 Å². The molecule has 6 nitrogen and oxygen atoms in total. The molecule has 0 saturated carbocycles. The van der Waals surface area contributed by atoms with Crippen LogP contribution in [-0.4, -0.2) is 30.4 Å². The number of carbonyl (C=O) groups is 1. The normalized spacial score (nSPS) is 15.8. The van der Waals surface area contributed by atoms with Crippen molar-refractivity contribution >= 4 is 17.3 Å². The molecule has 3 N–H and O–H groups in total. The molecule has 0 unspecified atom stereocenters. The molecule has 3 rings (SSSR count). The maximum atomic E-state index is 11.3. The number of carbonyl (C=O) groups excluding carboxylic acids is 1. The number of nitrogens with zero attached hydrogens (tertiary/aromatic N) is 2. The monoisotopic (exact) mass is 377 g/mol. The molecule has 2 aromatic rings. The molecular weight excluding hydrogens is 350 g/mol. The van der Waals surface area contributed by atoms with Gasteiger partial charge in [0.15, 0.2) is 0 Å². The molecule has 0 aromatic heterocycles. The van der Waals surface area contributed by atoms with E-state index < -0.39 is 0 Å². The minimum atomic E-state index is -0.0467. The van der Waals surface area contributed by atoms with Crippen LogP contribution in [0.5, 0.6) is 0 Å². The zero-order valence-corrected chi connectivity index (χ0v) is 16.2. The first-order valence-electron chi connectivity index (χ1n) is 9.62. The van der Waals surface area contributed by atoms with Crippen molar-refractivity contribution in [3.63, 3.8) is 0 Å². The summed E-state index contributed by atoms with van der Waals surface area (Å²) in [6.07, 6.45) is 3.92. The number of nitrogens with one attached hydrogen (secondary N) is 3. The van der Waals surface area contributed by atoms with Gasteiger partial charge in [0.25, 0.3) is 0 Å². The van der Waals surface area contributed by atoms with Crippen molar-refractivity contribution in [2.75, 3.05) is 30.3 Å². The number of likely N-dealkylation sites (tertiary alicyclic amines) is 1. The third-order valence-electron chi connectivity index (χ3n) is 4.97. The molecule has 0 atom stereocenters. The fourth-order valence-electron chi connectivity index (χ4n) is 3.54. The van der Waals surface area contributed by atoms with E-state index in [-0.39, 0.29) is 5.91 Å². The van der Waals surface area contributed by atoms with Gasteiger partial charge in [-0.05, 0) is 61.7 Å². The van der Waals surface area contributed by atoms with Crippen LogP contribution in [-0.2, 0) is 4.79 Å². The van der Waals surface area contributed by atoms with E-state index in [1.165, 1.54) is 12.5 Å². The zero-order chi connectivity index (χ0) is 19.8. The van der Waals surface area contributed by atoms with E-state index in [1.807, 2.05) is 48.7 Å². The van der Waals surface area contributed by atoms with E-state index in [0.29, 0.717) is 12.5 Å². The van der Waals surface area contributed by atoms with Gasteiger partial charge in [-0.3, -0.25) is 9.69 Å². The van der Waals surface area contributed by atoms with E-state index in [2.05, 4.69) is 32.8 Å². The number of piperidine rings is 1. The lowest BCUT2D eigenvalue weighted by Crippen LogP contribution is -2.34. The summed E-state index contributed by atoms with van der Waals surface area (Å²) in [5, 5.41) is 9.74. The van der Waals surface area contributed by atoms with E-state index in [0.717, 1.165) is 43.0 Å². The molecule has 1 heterocycles. The minimum Gasteiger partial charge on any atom is -0.360 e. The van der Waals surface area contributed by atoms with E-state index in [1.54, 1.807) is 0 Å². The summed E-state index contributed by atoms with van der Waals surface area (Å²) in [5.74, 6) is 0.447. The topological polar surface area (TPSA) is 80.6 Å². The van der Waals surface area contributed by atoms with Gasteiger partial charge in [0.2, 0.25) is 5.91 Å². The maximum absolute atomic E-state index is 11.3. The number of hydrogen-bond acceptors (Lipinski definition) is 5. The summed E-state index contributed by atoms with van der Waals surface area (Å²) in [5.41, 5.74) is 11.3. The van der Waals surface area contributed by atoms with Crippen molar-refractivity contribution in [3.8, 4) is 0 Å². The quantitative estimate of drug-likeness (QED) is 0.606. The molecular formula is C22H27N5O. The molecule has 0 aliphatic carbocycles. The highest BCUT2D eigenvalue weighted by molar-refractivity contribution is 5.88. The SMILES string of the molecule is CC(=O)Nc1cccc(C2CCN(C/C(=C/Nc3ccccc3)N=N)CC2)c1. The van der Waals surface area contributed by atoms with Crippen LogP contribution in [0.4, 0.5) is 11.4 Å². The van der Waals surface area contributed by atoms with Gasteiger partial charge in [0.1, 0.15) is 0 Å². The third-order valence-corrected chi connectivity index (χ3v) is 4.97. The Balaban J connectivity index is 1.53. The molecule has 28 heavy (non-hydrogen) atoms. The van der Waals surface area contributed by atoms with E-state index >= 15 is 0 Å². The summed E-state index contributed by atoms with van der Waals surface area (Å²) >= 11 is 0. The van der Waals surface area contributed by atoms with Crippen molar-refractivity contribution in [2.45, 2.75) is 25.7 Å². The molecule has 6 heteroatoms. The molecule has 1 aliphatic heterocycles. The van der Waals surface area contributed by atoms with Crippen LogP contribution in [0, 0.1) is 5.53 Å². The van der Waals surface area contributed by atoms with Gasteiger partial charge in [0, 0.05) is 31.0 Å². The Bertz CT molecular complexity index is 826. The van der Waals surface area contributed by atoms with Gasteiger partial charge in [-0.25, -0.2) is 5.53 Å². The van der Waals surface area contributed by atoms with Crippen LogP contribution < -0.4 is 10.6 Å². The number of anilines is 2. The van der Waals surface area contributed by atoms with Crippen molar-refractivity contribution in [1.82, 2.24) is 4.90 Å². The summed E-state index contributed by atoms with van der Waals surface area (Å²) in [6.45, 7) is 4.13. The van der Waals surface area contributed by atoms with Crippen LogP contribution in [0.15, 0.2) is 71.6 Å². The van der Waals surface area contributed by atoms with Crippen molar-refractivity contribution in [1.29, 1.82) is 5.53 Å². The third kappa shape index (κ3) is 5.76. The molecule has 0 spiro atoms. The van der Waals surface area contributed by atoms with E-state index in [4.69, 9.17) is 5.53 Å². The molecule has 2 aromatic carbocycles. The Kier molecular flexibility index (Phi) is 6.92. The van der Waals surface area contributed by atoms with Crippen molar-refractivity contribution in [2.24, 2.45) is 5.11 Å². The summed E-state index contributed by atoms with van der Waals surface area (Å²) in [6, 6.07) is 18.0. The number of hydrogen-bond donors (Lipinski definition) is 3. The predicted molar refractivity (Wildman–Crippen MR) is 112 cm³/mol. The number of para-hydroxylation sites is 1. The van der Waals surface area contributed by atoms with Gasteiger partial charge in [-0.1, -0.05) is 30.3 Å². The number of amides is 1. The molecule has 1 fully saturated rings. The first kappa shape index (κ1) is 19.8. The van der Waals surface area contributed by atoms with Crippen molar-refractivity contribution in [3.05, 3.63) is 72.1 Å². The molecule has 0 radical (unpaired) electrons. The molecule has 146 valence electrons. The molecule has 1 amide bonds. The Morgan fingerprint density at radius 2 is 1.86 bits per heavy atom. The van der Waals surface area contributed by atoms with Crippen LogP contribution >= 0.6 is 0 Å². The number of rotatable bonds is 7. The molecule has 1 saturated heterocycles. The zero-order valence-electron chi connectivity index (χ0n) is 16.2. The standard InChI is InChI=1S/C22H27N5O/c1-17(28)25-21-9-5-6-19(14-21)18-10-12-27(13-11-18)16-22(26-23)15-24-20-7-3-2-4-8-20/h2-9,14-15,18,23-24H,10-13,16H2,1H3,(H,25,28)/b22-15-,26-23?. The highest BCUT2D eigenvalue weighted by atomic mass is 16.1. The highest BCUT2D eigenvalue weighted by Crippen LogP contribution is 2.29. The van der Waals surface area contributed by atoms with Crippen LogP contribution in [0.3, 0.4) is 0 Å². The maximum Gasteiger partial charge on any atom is 0.221 e. The van der Waals surface area contributed by atoms with Gasteiger partial charge >= 0.3 is 0 Å². The lowest BCUT2D eigenvalue weighted by molar-refractivity contribution is -0.114. The predicted octanol–water partition coefficient (Wildman–Crippen LogP) is 4.81.